The third kappa shape index (κ3) is 4.82. The first-order valence-corrected chi connectivity index (χ1v) is 9.51. The molecule has 0 aliphatic carbocycles. The Balaban J connectivity index is 1.82. The van der Waals surface area contributed by atoms with E-state index in [0.717, 1.165) is 44.0 Å². The lowest BCUT2D eigenvalue weighted by Crippen LogP contribution is -2.43. The van der Waals surface area contributed by atoms with Crippen LogP contribution in [0.2, 0.25) is 0 Å². The number of amides is 1. The van der Waals surface area contributed by atoms with E-state index in [9.17, 15) is 4.79 Å². The summed E-state index contributed by atoms with van der Waals surface area (Å²) in [5.41, 5.74) is 2.46. The van der Waals surface area contributed by atoms with E-state index in [0.29, 0.717) is 17.1 Å². The van der Waals surface area contributed by atoms with Gasteiger partial charge in [-0.2, -0.15) is 0 Å². The van der Waals surface area contributed by atoms with E-state index >= 15 is 0 Å². The Bertz CT molecular complexity index is 763. The molecular formula is C22H28N2O4. The van der Waals surface area contributed by atoms with Gasteiger partial charge >= 0.3 is 0 Å². The molecule has 1 saturated heterocycles. The summed E-state index contributed by atoms with van der Waals surface area (Å²) in [7, 11) is 3.18. The van der Waals surface area contributed by atoms with Crippen LogP contribution in [0, 0.1) is 6.92 Å². The Morgan fingerprint density at radius 3 is 2.29 bits per heavy atom. The number of nitrogens with zero attached hydrogens (tertiary/aromatic N) is 1. The summed E-state index contributed by atoms with van der Waals surface area (Å²) in [6, 6.07) is 13.4. The van der Waals surface area contributed by atoms with E-state index < -0.39 is 0 Å². The van der Waals surface area contributed by atoms with Crippen molar-refractivity contribution in [1.29, 1.82) is 0 Å². The first-order valence-electron chi connectivity index (χ1n) is 9.51. The minimum atomic E-state index is -0.154. The zero-order valence-electron chi connectivity index (χ0n) is 16.7. The van der Waals surface area contributed by atoms with Crippen molar-refractivity contribution in [3.8, 4) is 11.5 Å². The highest BCUT2D eigenvalue weighted by atomic mass is 16.5. The van der Waals surface area contributed by atoms with Crippen LogP contribution in [0.4, 0.5) is 0 Å². The van der Waals surface area contributed by atoms with Crippen LogP contribution in [0.1, 0.15) is 27.5 Å². The van der Waals surface area contributed by atoms with Crippen LogP contribution in [0.5, 0.6) is 11.5 Å². The standard InChI is InChI=1S/C22H28N2O4/c1-16-20(26-2)13-18(14-21(16)27-3)22(25)23-19(17-7-5-4-6-8-17)15-24-9-11-28-12-10-24/h4-8,13-14,19H,9-12,15H2,1-3H3,(H,23,25). The van der Waals surface area contributed by atoms with Gasteiger partial charge in [-0.15, -0.1) is 0 Å². The molecule has 0 spiro atoms. The van der Waals surface area contributed by atoms with E-state index in [4.69, 9.17) is 14.2 Å². The first kappa shape index (κ1) is 20.2. The van der Waals surface area contributed by atoms with Gasteiger partial charge in [0.1, 0.15) is 11.5 Å². The number of ether oxygens (including phenoxy) is 3. The second-order valence-electron chi connectivity index (χ2n) is 6.86. The van der Waals surface area contributed by atoms with Crippen molar-refractivity contribution in [3.63, 3.8) is 0 Å². The lowest BCUT2D eigenvalue weighted by molar-refractivity contribution is 0.0332. The molecule has 6 nitrogen and oxygen atoms in total. The number of nitrogens with one attached hydrogen (secondary N) is 1. The minimum Gasteiger partial charge on any atom is -0.496 e. The summed E-state index contributed by atoms with van der Waals surface area (Å²) in [5.74, 6) is 1.11. The lowest BCUT2D eigenvalue weighted by atomic mass is 10.0. The van der Waals surface area contributed by atoms with Gasteiger partial charge in [0.05, 0.1) is 33.5 Å². The molecule has 6 heteroatoms. The third-order valence-corrected chi connectivity index (χ3v) is 5.07. The Hall–Kier alpha value is -2.57. The SMILES string of the molecule is COc1cc(C(=O)NC(CN2CCOCC2)c2ccccc2)cc(OC)c1C. The molecule has 2 aromatic carbocycles. The van der Waals surface area contributed by atoms with Crippen molar-refractivity contribution in [2.24, 2.45) is 0 Å². The molecular weight excluding hydrogens is 356 g/mol. The number of rotatable bonds is 7. The largest absolute Gasteiger partial charge is 0.496 e. The second-order valence-corrected chi connectivity index (χ2v) is 6.86. The van der Waals surface area contributed by atoms with Gasteiger partial charge in [0.2, 0.25) is 0 Å². The molecule has 3 rings (SSSR count). The summed E-state index contributed by atoms with van der Waals surface area (Å²) < 4.78 is 16.3. The monoisotopic (exact) mass is 384 g/mol. The number of carbonyl (C=O) groups is 1. The van der Waals surface area contributed by atoms with E-state index in [2.05, 4.69) is 10.2 Å². The molecule has 0 radical (unpaired) electrons. The van der Waals surface area contributed by atoms with Crippen LogP contribution >= 0.6 is 0 Å². The molecule has 2 aromatic rings. The number of benzene rings is 2. The molecule has 1 unspecified atom stereocenters. The van der Waals surface area contributed by atoms with Gasteiger partial charge in [0, 0.05) is 30.8 Å². The van der Waals surface area contributed by atoms with Gasteiger partial charge in [-0.25, -0.2) is 0 Å². The molecule has 0 aromatic heterocycles. The highest BCUT2D eigenvalue weighted by Gasteiger charge is 2.22. The molecule has 150 valence electrons. The Morgan fingerprint density at radius 1 is 1.11 bits per heavy atom. The maximum absolute atomic E-state index is 13.1. The van der Waals surface area contributed by atoms with Crippen molar-refractivity contribution in [1.82, 2.24) is 10.2 Å². The topological polar surface area (TPSA) is 60.0 Å². The molecule has 1 heterocycles. The average Bonchev–Trinajstić information content (AvgIpc) is 2.74. The molecule has 1 N–H and O–H groups in total. The fourth-order valence-electron chi connectivity index (χ4n) is 3.42. The predicted molar refractivity (Wildman–Crippen MR) is 108 cm³/mol. The van der Waals surface area contributed by atoms with E-state index in [-0.39, 0.29) is 11.9 Å². The van der Waals surface area contributed by atoms with Crippen LogP contribution in [0.15, 0.2) is 42.5 Å². The summed E-state index contributed by atoms with van der Waals surface area (Å²) in [6.07, 6.45) is 0. The Morgan fingerprint density at radius 2 is 1.71 bits per heavy atom. The van der Waals surface area contributed by atoms with Crippen molar-refractivity contribution in [2.45, 2.75) is 13.0 Å². The molecule has 0 saturated carbocycles. The average molecular weight is 384 g/mol. The fourth-order valence-corrected chi connectivity index (χ4v) is 3.42. The summed E-state index contributed by atoms with van der Waals surface area (Å²) in [5, 5.41) is 3.19. The number of methoxy groups -OCH3 is 2. The van der Waals surface area contributed by atoms with Crippen LogP contribution in [-0.4, -0.2) is 57.9 Å². The zero-order chi connectivity index (χ0) is 19.9. The van der Waals surface area contributed by atoms with Crippen LogP contribution in [0.25, 0.3) is 0 Å². The van der Waals surface area contributed by atoms with Crippen molar-refractivity contribution >= 4 is 5.91 Å². The fraction of sp³-hybridized carbons (Fsp3) is 0.409. The van der Waals surface area contributed by atoms with Gasteiger partial charge in [-0.1, -0.05) is 30.3 Å². The van der Waals surface area contributed by atoms with Gasteiger partial charge in [0.25, 0.3) is 5.91 Å². The smallest absolute Gasteiger partial charge is 0.252 e. The first-order chi connectivity index (χ1) is 13.6. The summed E-state index contributed by atoms with van der Waals surface area (Å²) in [6.45, 7) is 5.82. The molecule has 1 aliphatic rings. The van der Waals surface area contributed by atoms with Gasteiger partial charge in [-0.3, -0.25) is 9.69 Å². The molecule has 0 bridgehead atoms. The van der Waals surface area contributed by atoms with Crippen molar-refractivity contribution in [3.05, 3.63) is 59.2 Å². The van der Waals surface area contributed by atoms with Crippen molar-refractivity contribution in [2.75, 3.05) is 47.1 Å². The van der Waals surface area contributed by atoms with Crippen LogP contribution in [0.3, 0.4) is 0 Å². The van der Waals surface area contributed by atoms with Crippen LogP contribution in [-0.2, 0) is 4.74 Å². The number of carbonyl (C=O) groups excluding carboxylic acids is 1. The third-order valence-electron chi connectivity index (χ3n) is 5.07. The zero-order valence-corrected chi connectivity index (χ0v) is 16.7. The van der Waals surface area contributed by atoms with E-state index in [1.165, 1.54) is 0 Å². The second kappa shape index (κ2) is 9.57. The number of hydrogen-bond donors (Lipinski definition) is 1. The van der Waals surface area contributed by atoms with Gasteiger partial charge in [-0.05, 0) is 24.6 Å². The van der Waals surface area contributed by atoms with Crippen LogP contribution < -0.4 is 14.8 Å². The van der Waals surface area contributed by atoms with Crippen molar-refractivity contribution < 1.29 is 19.0 Å². The van der Waals surface area contributed by atoms with E-state index in [1.54, 1.807) is 26.4 Å². The predicted octanol–water partition coefficient (Wildman–Crippen LogP) is 2.82. The highest BCUT2D eigenvalue weighted by molar-refractivity contribution is 5.95. The molecule has 1 amide bonds. The Kier molecular flexibility index (Phi) is 6.90. The minimum absolute atomic E-state index is 0.120. The highest BCUT2D eigenvalue weighted by Crippen LogP contribution is 2.29. The lowest BCUT2D eigenvalue weighted by Gasteiger charge is -2.31. The number of hydrogen-bond acceptors (Lipinski definition) is 5. The molecule has 28 heavy (non-hydrogen) atoms. The number of morpholine rings is 1. The Labute approximate surface area is 166 Å². The van der Waals surface area contributed by atoms with Gasteiger partial charge < -0.3 is 19.5 Å². The maximum atomic E-state index is 13.1. The molecule has 1 aliphatic heterocycles. The van der Waals surface area contributed by atoms with E-state index in [1.807, 2.05) is 37.3 Å². The maximum Gasteiger partial charge on any atom is 0.252 e. The quantitative estimate of drug-likeness (QED) is 0.795. The normalized spacial score (nSPS) is 15.7. The summed E-state index contributed by atoms with van der Waals surface area (Å²) >= 11 is 0. The van der Waals surface area contributed by atoms with Gasteiger partial charge in [0.15, 0.2) is 0 Å². The molecule has 1 fully saturated rings. The summed E-state index contributed by atoms with van der Waals surface area (Å²) in [4.78, 5) is 15.4. The molecule has 1 atom stereocenters.